The van der Waals surface area contributed by atoms with Crippen molar-refractivity contribution < 1.29 is 12.8 Å². The summed E-state index contributed by atoms with van der Waals surface area (Å²) in [5.41, 5.74) is 3.01. The maximum Gasteiger partial charge on any atom is 0.192 e. The monoisotopic (exact) mass is 403 g/mol. The first-order chi connectivity index (χ1) is 14.0. The first-order valence-corrected chi connectivity index (χ1v) is 10.9. The molecule has 29 heavy (non-hydrogen) atoms. The Hall–Kier alpha value is -3.18. The lowest BCUT2D eigenvalue weighted by atomic mass is 10.0. The van der Waals surface area contributed by atoms with Crippen LogP contribution in [0.5, 0.6) is 0 Å². The highest BCUT2D eigenvalue weighted by Gasteiger charge is 2.36. The third-order valence-corrected chi connectivity index (χ3v) is 6.84. The molecule has 0 spiro atoms. The molecule has 5 heteroatoms. The molecule has 0 aliphatic carbocycles. The maximum atomic E-state index is 13.7. The van der Waals surface area contributed by atoms with Crippen molar-refractivity contribution in [3.8, 4) is 11.3 Å². The Kier molecular flexibility index (Phi) is 5.07. The second-order valence-electron chi connectivity index (χ2n) is 6.96. The first-order valence-electron chi connectivity index (χ1n) is 9.35. The van der Waals surface area contributed by atoms with Gasteiger partial charge in [0.2, 0.25) is 0 Å². The van der Waals surface area contributed by atoms with E-state index in [2.05, 4.69) is 4.98 Å². The van der Waals surface area contributed by atoms with Crippen LogP contribution in [0.4, 0.5) is 0 Å². The van der Waals surface area contributed by atoms with E-state index >= 15 is 0 Å². The molecule has 4 aromatic rings. The number of nitrogens with zero attached hydrogens (tertiary/aromatic N) is 1. The Labute approximate surface area is 170 Å². The number of hydrogen-bond donors (Lipinski definition) is 0. The summed E-state index contributed by atoms with van der Waals surface area (Å²) in [5.74, 6) is 0.763. The van der Waals surface area contributed by atoms with Crippen molar-refractivity contribution in [2.75, 3.05) is 0 Å². The van der Waals surface area contributed by atoms with E-state index in [1.54, 1.807) is 31.2 Å². The second-order valence-corrected chi connectivity index (χ2v) is 8.99. The molecule has 0 N–H and O–H groups in total. The maximum absolute atomic E-state index is 13.7. The van der Waals surface area contributed by atoms with Crippen LogP contribution in [-0.4, -0.2) is 13.4 Å². The molecule has 0 fully saturated rings. The Bertz CT molecular complexity index is 1210. The molecule has 0 bridgehead atoms. The van der Waals surface area contributed by atoms with Gasteiger partial charge < -0.3 is 4.42 Å². The summed E-state index contributed by atoms with van der Waals surface area (Å²) in [7, 11) is -3.77. The molecule has 0 saturated heterocycles. The molecule has 1 atom stereocenters. The van der Waals surface area contributed by atoms with Gasteiger partial charge in [-0.3, -0.25) is 0 Å². The largest absolute Gasteiger partial charge is 0.444 e. The van der Waals surface area contributed by atoms with Crippen LogP contribution in [-0.2, 0) is 9.84 Å². The molecule has 0 amide bonds. The highest BCUT2D eigenvalue weighted by Crippen LogP contribution is 2.40. The molecule has 146 valence electrons. The second kappa shape index (κ2) is 7.68. The van der Waals surface area contributed by atoms with Gasteiger partial charge in [0, 0.05) is 12.5 Å². The summed E-state index contributed by atoms with van der Waals surface area (Å²) < 4.78 is 33.4. The number of aryl methyl sites for hydroxylation is 2. The zero-order chi connectivity index (χ0) is 20.4. The molecule has 1 heterocycles. The van der Waals surface area contributed by atoms with Crippen LogP contribution in [0.3, 0.4) is 0 Å². The van der Waals surface area contributed by atoms with Crippen molar-refractivity contribution in [2.24, 2.45) is 0 Å². The van der Waals surface area contributed by atoms with E-state index in [0.717, 1.165) is 11.1 Å². The van der Waals surface area contributed by atoms with E-state index in [1.807, 2.05) is 67.6 Å². The average Bonchev–Trinajstić information content (AvgIpc) is 3.11. The van der Waals surface area contributed by atoms with Crippen LogP contribution in [0, 0.1) is 13.8 Å². The van der Waals surface area contributed by atoms with Gasteiger partial charge in [-0.25, -0.2) is 13.4 Å². The summed E-state index contributed by atoms with van der Waals surface area (Å²) in [4.78, 5) is 4.77. The van der Waals surface area contributed by atoms with Gasteiger partial charge >= 0.3 is 0 Å². The Morgan fingerprint density at radius 2 is 1.38 bits per heavy atom. The molecule has 0 radical (unpaired) electrons. The quantitative estimate of drug-likeness (QED) is 0.440. The smallest absolute Gasteiger partial charge is 0.192 e. The zero-order valence-corrected chi connectivity index (χ0v) is 17.1. The summed E-state index contributed by atoms with van der Waals surface area (Å²) in [5, 5.41) is -0.997. The average molecular weight is 404 g/mol. The van der Waals surface area contributed by atoms with Crippen molar-refractivity contribution in [3.05, 3.63) is 108 Å². The Balaban J connectivity index is 1.96. The SMILES string of the molecule is Cc1ccc(S(=O)(=O)C(c2ccccc2)c2oc(C)nc2-c2ccccc2)cc1. The Morgan fingerprint density at radius 1 is 0.793 bits per heavy atom. The molecule has 1 aromatic heterocycles. The lowest BCUT2D eigenvalue weighted by Gasteiger charge is -2.17. The highest BCUT2D eigenvalue weighted by atomic mass is 32.2. The minimum Gasteiger partial charge on any atom is -0.444 e. The minimum atomic E-state index is -3.77. The van der Waals surface area contributed by atoms with E-state index in [9.17, 15) is 8.42 Å². The molecule has 4 nitrogen and oxygen atoms in total. The van der Waals surface area contributed by atoms with Crippen LogP contribution in [0.25, 0.3) is 11.3 Å². The number of rotatable bonds is 5. The normalized spacial score (nSPS) is 12.6. The molecule has 3 aromatic carbocycles. The zero-order valence-electron chi connectivity index (χ0n) is 16.2. The van der Waals surface area contributed by atoms with Crippen molar-refractivity contribution in [2.45, 2.75) is 24.0 Å². The molecular formula is C24H21NO3S. The van der Waals surface area contributed by atoms with Crippen molar-refractivity contribution in [1.29, 1.82) is 0 Å². The number of oxazole rings is 1. The van der Waals surface area contributed by atoms with Crippen LogP contribution >= 0.6 is 0 Å². The topological polar surface area (TPSA) is 60.2 Å². The molecule has 0 aliphatic heterocycles. The van der Waals surface area contributed by atoms with Crippen molar-refractivity contribution in [1.82, 2.24) is 4.98 Å². The van der Waals surface area contributed by atoms with Crippen molar-refractivity contribution >= 4 is 9.84 Å². The van der Waals surface area contributed by atoms with E-state index < -0.39 is 15.1 Å². The van der Waals surface area contributed by atoms with Gasteiger partial charge in [0.25, 0.3) is 0 Å². The molecule has 1 unspecified atom stereocenters. The lowest BCUT2D eigenvalue weighted by Crippen LogP contribution is -2.15. The number of benzene rings is 3. The molecular weight excluding hydrogens is 382 g/mol. The van der Waals surface area contributed by atoms with Gasteiger partial charge in [-0.05, 0) is 24.6 Å². The lowest BCUT2D eigenvalue weighted by molar-refractivity contribution is 0.474. The molecule has 0 aliphatic rings. The fourth-order valence-corrected chi connectivity index (χ4v) is 5.13. The standard InChI is InChI=1S/C24H21NO3S/c1-17-13-15-21(16-14-17)29(26,27)24(20-11-7-4-8-12-20)23-22(25-18(2)28-23)19-9-5-3-6-10-19/h3-16,24H,1-2H3. The third-order valence-electron chi connectivity index (χ3n) is 4.81. The number of aromatic nitrogens is 1. The molecule has 0 saturated carbocycles. The van der Waals surface area contributed by atoms with E-state index in [0.29, 0.717) is 22.9 Å². The third kappa shape index (κ3) is 3.74. The number of sulfone groups is 1. The van der Waals surface area contributed by atoms with E-state index in [4.69, 9.17) is 4.42 Å². The van der Waals surface area contributed by atoms with E-state index in [1.165, 1.54) is 0 Å². The summed E-state index contributed by atoms with van der Waals surface area (Å²) >= 11 is 0. The fourth-order valence-electron chi connectivity index (χ4n) is 3.39. The van der Waals surface area contributed by atoms with Gasteiger partial charge in [-0.1, -0.05) is 78.4 Å². The van der Waals surface area contributed by atoms with Gasteiger partial charge in [-0.15, -0.1) is 0 Å². The van der Waals surface area contributed by atoms with Crippen LogP contribution in [0.1, 0.15) is 28.0 Å². The summed E-state index contributed by atoms with van der Waals surface area (Å²) in [6.07, 6.45) is 0. The molecule has 4 rings (SSSR count). The highest BCUT2D eigenvalue weighted by molar-refractivity contribution is 7.91. The van der Waals surface area contributed by atoms with Crippen LogP contribution in [0.2, 0.25) is 0 Å². The summed E-state index contributed by atoms with van der Waals surface area (Å²) in [6, 6.07) is 25.6. The van der Waals surface area contributed by atoms with Crippen molar-refractivity contribution in [3.63, 3.8) is 0 Å². The fraction of sp³-hybridized carbons (Fsp3) is 0.125. The predicted octanol–water partition coefficient (Wildman–Crippen LogP) is 5.52. The van der Waals surface area contributed by atoms with Crippen LogP contribution in [0.15, 0.2) is 94.2 Å². The predicted molar refractivity (Wildman–Crippen MR) is 113 cm³/mol. The van der Waals surface area contributed by atoms with Gasteiger partial charge in [0.1, 0.15) is 5.69 Å². The Morgan fingerprint density at radius 3 is 2.00 bits per heavy atom. The van der Waals surface area contributed by atoms with E-state index in [-0.39, 0.29) is 4.90 Å². The number of hydrogen-bond acceptors (Lipinski definition) is 4. The summed E-state index contributed by atoms with van der Waals surface area (Å²) in [6.45, 7) is 3.66. The first kappa shape index (κ1) is 19.2. The van der Waals surface area contributed by atoms with Gasteiger partial charge in [-0.2, -0.15) is 0 Å². The minimum absolute atomic E-state index is 0.255. The van der Waals surface area contributed by atoms with Gasteiger partial charge in [0.05, 0.1) is 4.90 Å². The van der Waals surface area contributed by atoms with Crippen LogP contribution < -0.4 is 0 Å². The van der Waals surface area contributed by atoms with Gasteiger partial charge in [0.15, 0.2) is 26.7 Å².